The molecule has 0 bridgehead atoms. The number of Topliss-reactive ketones (excluding diaryl/α,β-unsaturated/α-hetero) is 1. The summed E-state index contributed by atoms with van der Waals surface area (Å²) in [6.45, 7) is 0.307. The van der Waals surface area contributed by atoms with E-state index in [1.165, 1.54) is 0 Å². The van der Waals surface area contributed by atoms with Crippen LogP contribution in [-0.2, 0) is 9.59 Å². The van der Waals surface area contributed by atoms with Crippen LogP contribution in [0.3, 0.4) is 0 Å². The molecule has 0 aromatic carbocycles. The highest BCUT2D eigenvalue weighted by Gasteiger charge is 2.12. The predicted octanol–water partition coefficient (Wildman–Crippen LogP) is -0.904. The van der Waals surface area contributed by atoms with E-state index in [0.29, 0.717) is 13.0 Å². The van der Waals surface area contributed by atoms with Crippen molar-refractivity contribution >= 4 is 11.8 Å². The largest absolute Gasteiger partial charge is 0.480 e. The molecule has 0 rings (SSSR count). The van der Waals surface area contributed by atoms with Gasteiger partial charge in [0.15, 0.2) is 0 Å². The number of carboxylic acid groups (broad SMARTS) is 1. The van der Waals surface area contributed by atoms with Gasteiger partial charge < -0.3 is 16.6 Å². The average Bonchev–Trinajstić information content (AvgIpc) is 2.00. The summed E-state index contributed by atoms with van der Waals surface area (Å²) in [5, 5.41) is 8.36. The van der Waals surface area contributed by atoms with Gasteiger partial charge in [0, 0.05) is 12.8 Å². The van der Waals surface area contributed by atoms with E-state index >= 15 is 0 Å². The number of ketones is 1. The molecule has 5 nitrogen and oxygen atoms in total. The van der Waals surface area contributed by atoms with Crippen molar-refractivity contribution in [3.05, 3.63) is 0 Å². The van der Waals surface area contributed by atoms with Crippen LogP contribution in [0.25, 0.3) is 0 Å². The lowest BCUT2D eigenvalue weighted by Gasteiger charge is -2.03. The summed E-state index contributed by atoms with van der Waals surface area (Å²) >= 11 is 0. The third-order valence-electron chi connectivity index (χ3n) is 1.47. The number of hydrogen-bond acceptors (Lipinski definition) is 4. The first-order valence-electron chi connectivity index (χ1n) is 3.78. The quantitative estimate of drug-likeness (QED) is 0.483. The normalized spacial score (nSPS) is 12.5. The fourth-order valence-electron chi connectivity index (χ4n) is 0.726. The summed E-state index contributed by atoms with van der Waals surface area (Å²) in [5.41, 5.74) is 10.3. The Morgan fingerprint density at radius 2 is 1.92 bits per heavy atom. The highest BCUT2D eigenvalue weighted by Crippen LogP contribution is 1.97. The van der Waals surface area contributed by atoms with E-state index < -0.39 is 12.0 Å². The molecule has 0 fully saturated rings. The van der Waals surface area contributed by atoms with Gasteiger partial charge in [0.1, 0.15) is 11.8 Å². The zero-order chi connectivity index (χ0) is 9.56. The summed E-state index contributed by atoms with van der Waals surface area (Å²) in [7, 11) is 0. The van der Waals surface area contributed by atoms with E-state index in [2.05, 4.69) is 0 Å². The molecule has 0 aliphatic heterocycles. The average molecular weight is 174 g/mol. The molecule has 1 atom stereocenters. The minimum Gasteiger partial charge on any atom is -0.480 e. The second-order valence-electron chi connectivity index (χ2n) is 2.56. The van der Waals surface area contributed by atoms with Crippen LogP contribution in [0.15, 0.2) is 0 Å². The van der Waals surface area contributed by atoms with Gasteiger partial charge in [-0.05, 0) is 13.0 Å². The van der Waals surface area contributed by atoms with Crippen molar-refractivity contribution in [2.75, 3.05) is 6.54 Å². The Morgan fingerprint density at radius 3 is 2.33 bits per heavy atom. The lowest BCUT2D eigenvalue weighted by Crippen LogP contribution is -2.30. The summed E-state index contributed by atoms with van der Waals surface area (Å²) in [5.74, 6) is -1.11. The maximum Gasteiger partial charge on any atom is 0.320 e. The van der Waals surface area contributed by atoms with E-state index in [-0.39, 0.29) is 18.6 Å². The second-order valence-corrected chi connectivity index (χ2v) is 2.56. The summed E-state index contributed by atoms with van der Waals surface area (Å²) in [6, 6.07) is -0.938. The monoisotopic (exact) mass is 174 g/mol. The molecule has 0 aromatic rings. The molecule has 0 aliphatic rings. The van der Waals surface area contributed by atoms with Gasteiger partial charge in [-0.3, -0.25) is 9.59 Å². The molecule has 0 aliphatic carbocycles. The van der Waals surface area contributed by atoms with Crippen LogP contribution in [0.5, 0.6) is 0 Å². The third kappa shape index (κ3) is 4.81. The molecule has 70 valence electrons. The first kappa shape index (κ1) is 11.1. The predicted molar refractivity (Wildman–Crippen MR) is 43.5 cm³/mol. The van der Waals surface area contributed by atoms with Gasteiger partial charge in [-0.2, -0.15) is 0 Å². The summed E-state index contributed by atoms with van der Waals surface area (Å²) in [4.78, 5) is 21.1. The maximum absolute atomic E-state index is 10.8. The Bertz CT molecular complexity index is 170. The zero-order valence-electron chi connectivity index (χ0n) is 6.82. The Balaban J connectivity index is 3.54. The number of carbonyl (C=O) groups is 2. The first-order chi connectivity index (χ1) is 5.57. The number of carbonyl (C=O) groups excluding carboxylic acids is 1. The number of carboxylic acids is 1. The van der Waals surface area contributed by atoms with E-state index in [1.807, 2.05) is 0 Å². The van der Waals surface area contributed by atoms with E-state index in [1.54, 1.807) is 0 Å². The Morgan fingerprint density at radius 1 is 1.33 bits per heavy atom. The van der Waals surface area contributed by atoms with Crippen LogP contribution >= 0.6 is 0 Å². The maximum atomic E-state index is 10.8. The fourth-order valence-corrected chi connectivity index (χ4v) is 0.726. The molecule has 5 N–H and O–H groups in total. The van der Waals surface area contributed by atoms with Crippen LogP contribution in [0.4, 0.5) is 0 Å². The number of nitrogens with two attached hydrogens (primary N) is 2. The van der Waals surface area contributed by atoms with Gasteiger partial charge in [0.25, 0.3) is 0 Å². The van der Waals surface area contributed by atoms with Gasteiger partial charge in [-0.1, -0.05) is 0 Å². The van der Waals surface area contributed by atoms with Gasteiger partial charge in [-0.25, -0.2) is 0 Å². The Labute approximate surface area is 70.7 Å². The lowest BCUT2D eigenvalue weighted by atomic mass is 10.1. The van der Waals surface area contributed by atoms with Crippen molar-refractivity contribution in [1.29, 1.82) is 0 Å². The van der Waals surface area contributed by atoms with Crippen molar-refractivity contribution in [2.45, 2.75) is 25.3 Å². The number of aliphatic carboxylic acids is 1. The molecule has 0 saturated carbocycles. The molecule has 0 aromatic heterocycles. The fraction of sp³-hybridized carbons (Fsp3) is 0.714. The van der Waals surface area contributed by atoms with Crippen LogP contribution in [0.2, 0.25) is 0 Å². The van der Waals surface area contributed by atoms with Crippen molar-refractivity contribution in [1.82, 2.24) is 0 Å². The first-order valence-corrected chi connectivity index (χ1v) is 3.78. The number of rotatable bonds is 6. The Hall–Kier alpha value is -0.940. The molecule has 0 heterocycles. The molecule has 5 heteroatoms. The van der Waals surface area contributed by atoms with Gasteiger partial charge in [0.2, 0.25) is 0 Å². The minimum atomic E-state index is -1.07. The van der Waals surface area contributed by atoms with Crippen LogP contribution in [0.1, 0.15) is 19.3 Å². The molecular formula is C7H14N2O3. The lowest BCUT2D eigenvalue weighted by molar-refractivity contribution is -0.138. The molecule has 12 heavy (non-hydrogen) atoms. The number of hydrogen-bond donors (Lipinski definition) is 3. The van der Waals surface area contributed by atoms with Crippen molar-refractivity contribution in [2.24, 2.45) is 11.5 Å². The highest BCUT2D eigenvalue weighted by molar-refractivity contribution is 5.80. The minimum absolute atomic E-state index is 0.0331. The summed E-state index contributed by atoms with van der Waals surface area (Å²) in [6.07, 6.45) is 0.686. The molecule has 0 spiro atoms. The molecular weight excluding hydrogens is 160 g/mol. The van der Waals surface area contributed by atoms with E-state index in [4.69, 9.17) is 16.6 Å². The van der Waals surface area contributed by atoms with Gasteiger partial charge >= 0.3 is 5.97 Å². The van der Waals surface area contributed by atoms with Crippen molar-refractivity contribution in [3.63, 3.8) is 0 Å². The van der Waals surface area contributed by atoms with Crippen molar-refractivity contribution in [3.8, 4) is 0 Å². The SMILES string of the molecule is NCCC(=O)CCC(N)C(=O)O. The van der Waals surface area contributed by atoms with Crippen LogP contribution < -0.4 is 11.5 Å². The van der Waals surface area contributed by atoms with Crippen LogP contribution in [-0.4, -0.2) is 29.4 Å². The van der Waals surface area contributed by atoms with E-state index in [0.717, 1.165) is 0 Å². The topological polar surface area (TPSA) is 106 Å². The zero-order valence-corrected chi connectivity index (χ0v) is 6.82. The molecule has 0 radical (unpaired) electrons. The third-order valence-corrected chi connectivity index (χ3v) is 1.47. The summed E-state index contributed by atoms with van der Waals surface area (Å²) < 4.78 is 0. The standard InChI is InChI=1S/C7H14N2O3/c8-4-3-5(10)1-2-6(9)7(11)12/h6H,1-4,8-9H2,(H,11,12). The van der Waals surface area contributed by atoms with E-state index in [9.17, 15) is 9.59 Å². The highest BCUT2D eigenvalue weighted by atomic mass is 16.4. The van der Waals surface area contributed by atoms with Crippen LogP contribution in [0, 0.1) is 0 Å². The molecule has 1 unspecified atom stereocenters. The second kappa shape index (κ2) is 5.68. The van der Waals surface area contributed by atoms with Gasteiger partial charge in [-0.15, -0.1) is 0 Å². The molecule has 0 saturated heterocycles. The Kier molecular flexibility index (Phi) is 5.23. The smallest absolute Gasteiger partial charge is 0.320 e. The molecule has 0 amide bonds. The van der Waals surface area contributed by atoms with Gasteiger partial charge in [0.05, 0.1) is 0 Å². The van der Waals surface area contributed by atoms with Crippen molar-refractivity contribution < 1.29 is 14.7 Å².